The summed E-state index contributed by atoms with van der Waals surface area (Å²) in [5, 5.41) is 20.7. The summed E-state index contributed by atoms with van der Waals surface area (Å²) in [4.78, 5) is 13.1. The molecule has 1 atom stereocenters. The highest BCUT2D eigenvalue weighted by atomic mass is 16.5. The minimum absolute atomic E-state index is 0.221. The first-order chi connectivity index (χ1) is 15.6. The number of H-pyrrole nitrogens is 1. The highest BCUT2D eigenvalue weighted by Gasteiger charge is 2.21. The Labute approximate surface area is 185 Å². The largest absolute Gasteiger partial charge is 0.495 e. The first kappa shape index (κ1) is 21.1. The number of ether oxygens (including phenoxy) is 1. The molecule has 0 saturated carbocycles. The predicted molar refractivity (Wildman–Crippen MR) is 126 cm³/mol. The number of aromatic nitrogens is 2. The minimum atomic E-state index is -0.529. The average Bonchev–Trinajstić information content (AvgIpc) is 3.25. The normalized spacial score (nSPS) is 12.2. The fourth-order valence-electron chi connectivity index (χ4n) is 3.56. The van der Waals surface area contributed by atoms with Crippen LogP contribution in [0.4, 0.5) is 5.69 Å². The van der Waals surface area contributed by atoms with E-state index in [0.717, 1.165) is 11.1 Å². The molecule has 4 aromatic rings. The number of methoxy groups -OCH3 is 1. The molecule has 162 valence electrons. The standard InChI is InChI=1S/C25H24N4O3/c1-32-24-19(25(31)27-22(15-30)17-5-3-2-4-6-17)12-14-21-23(24)20(28-29-21)13-9-16-7-10-18(26)11-8-16/h2-14,22,30H,15,26H2,1H3,(H,27,31)(H,28,29)/t22-/m1/s1. The summed E-state index contributed by atoms with van der Waals surface area (Å²) in [7, 11) is 1.52. The van der Waals surface area contributed by atoms with Gasteiger partial charge >= 0.3 is 0 Å². The van der Waals surface area contributed by atoms with E-state index in [9.17, 15) is 9.90 Å². The van der Waals surface area contributed by atoms with Crippen molar-refractivity contribution in [3.8, 4) is 5.75 Å². The number of aromatic amines is 1. The Morgan fingerprint density at radius 3 is 2.56 bits per heavy atom. The van der Waals surface area contributed by atoms with Crippen molar-refractivity contribution in [3.05, 3.63) is 89.1 Å². The number of aliphatic hydroxyl groups is 1. The number of nitrogen functional groups attached to an aromatic ring is 1. The lowest BCUT2D eigenvalue weighted by Crippen LogP contribution is -2.31. The number of rotatable bonds is 7. The number of benzene rings is 3. The Kier molecular flexibility index (Phi) is 6.19. The van der Waals surface area contributed by atoms with E-state index in [1.54, 1.807) is 12.1 Å². The van der Waals surface area contributed by atoms with Gasteiger partial charge in [-0.2, -0.15) is 5.10 Å². The van der Waals surface area contributed by atoms with Crippen LogP contribution in [0.3, 0.4) is 0 Å². The molecule has 1 heterocycles. The van der Waals surface area contributed by atoms with Crippen LogP contribution in [0.2, 0.25) is 0 Å². The smallest absolute Gasteiger partial charge is 0.255 e. The van der Waals surface area contributed by atoms with Gasteiger partial charge in [0.2, 0.25) is 0 Å². The number of carbonyl (C=O) groups excluding carboxylic acids is 1. The maximum Gasteiger partial charge on any atom is 0.255 e. The summed E-state index contributed by atoms with van der Waals surface area (Å²) in [5.41, 5.74) is 9.99. The lowest BCUT2D eigenvalue weighted by atomic mass is 10.0. The number of nitrogens with two attached hydrogens (primary N) is 1. The first-order valence-corrected chi connectivity index (χ1v) is 10.2. The van der Waals surface area contributed by atoms with Crippen LogP contribution >= 0.6 is 0 Å². The van der Waals surface area contributed by atoms with Gasteiger partial charge in [-0.15, -0.1) is 0 Å². The van der Waals surface area contributed by atoms with Gasteiger partial charge in [0, 0.05) is 5.69 Å². The number of carbonyl (C=O) groups is 1. The van der Waals surface area contributed by atoms with Crippen LogP contribution < -0.4 is 15.8 Å². The summed E-state index contributed by atoms with van der Waals surface area (Å²) < 4.78 is 5.63. The van der Waals surface area contributed by atoms with E-state index in [1.165, 1.54) is 7.11 Å². The Balaban J connectivity index is 1.67. The molecule has 0 spiro atoms. The second-order valence-corrected chi connectivity index (χ2v) is 7.30. The van der Waals surface area contributed by atoms with Gasteiger partial charge in [0.1, 0.15) is 5.75 Å². The molecular formula is C25H24N4O3. The molecule has 1 aromatic heterocycles. The van der Waals surface area contributed by atoms with E-state index in [0.29, 0.717) is 33.6 Å². The lowest BCUT2D eigenvalue weighted by molar-refractivity contribution is 0.0913. The van der Waals surface area contributed by atoms with Crippen LogP contribution in [0.15, 0.2) is 66.7 Å². The fraction of sp³-hybridized carbons (Fsp3) is 0.120. The average molecular weight is 428 g/mol. The summed E-state index contributed by atoms with van der Waals surface area (Å²) in [5.74, 6) is 0.0665. The molecule has 7 heteroatoms. The van der Waals surface area contributed by atoms with Crippen LogP contribution in [-0.2, 0) is 0 Å². The minimum Gasteiger partial charge on any atom is -0.495 e. The van der Waals surface area contributed by atoms with Crippen molar-refractivity contribution in [2.75, 3.05) is 19.5 Å². The molecule has 3 aromatic carbocycles. The maximum atomic E-state index is 13.1. The fourth-order valence-corrected chi connectivity index (χ4v) is 3.56. The summed E-state index contributed by atoms with van der Waals surface area (Å²) >= 11 is 0. The van der Waals surface area contributed by atoms with E-state index < -0.39 is 6.04 Å². The van der Waals surface area contributed by atoms with Crippen LogP contribution in [-0.4, -0.2) is 34.9 Å². The van der Waals surface area contributed by atoms with Crippen LogP contribution in [0.1, 0.15) is 33.2 Å². The number of anilines is 1. The van der Waals surface area contributed by atoms with Crippen molar-refractivity contribution in [1.82, 2.24) is 15.5 Å². The van der Waals surface area contributed by atoms with Gasteiger partial charge in [-0.05, 0) is 41.5 Å². The number of aliphatic hydroxyl groups excluding tert-OH is 1. The number of nitrogens with zero attached hydrogens (tertiary/aromatic N) is 1. The Morgan fingerprint density at radius 1 is 1.12 bits per heavy atom. The Bertz CT molecular complexity index is 1250. The highest BCUT2D eigenvalue weighted by molar-refractivity contribution is 6.05. The molecule has 0 aliphatic heterocycles. The summed E-state index contributed by atoms with van der Waals surface area (Å²) in [6, 6.07) is 19.7. The molecule has 0 fully saturated rings. The maximum absolute atomic E-state index is 13.1. The Morgan fingerprint density at radius 2 is 1.88 bits per heavy atom. The monoisotopic (exact) mass is 428 g/mol. The van der Waals surface area contributed by atoms with Crippen molar-refractivity contribution in [1.29, 1.82) is 0 Å². The Hall–Kier alpha value is -4.10. The first-order valence-electron chi connectivity index (χ1n) is 10.2. The molecule has 5 N–H and O–H groups in total. The van der Waals surface area contributed by atoms with Crippen molar-refractivity contribution in [3.63, 3.8) is 0 Å². The zero-order valence-corrected chi connectivity index (χ0v) is 17.6. The highest BCUT2D eigenvalue weighted by Crippen LogP contribution is 2.32. The molecule has 0 saturated heterocycles. The number of hydrogen-bond acceptors (Lipinski definition) is 5. The molecule has 0 bridgehead atoms. The molecule has 4 rings (SSSR count). The quantitative estimate of drug-likeness (QED) is 0.335. The number of fused-ring (bicyclic) bond motifs is 1. The van der Waals surface area contributed by atoms with Crippen molar-refractivity contribution in [2.45, 2.75) is 6.04 Å². The van der Waals surface area contributed by atoms with Gasteiger partial charge in [0.05, 0.1) is 41.9 Å². The van der Waals surface area contributed by atoms with E-state index >= 15 is 0 Å². The molecule has 7 nitrogen and oxygen atoms in total. The van der Waals surface area contributed by atoms with Crippen molar-refractivity contribution < 1.29 is 14.6 Å². The van der Waals surface area contributed by atoms with E-state index in [4.69, 9.17) is 10.5 Å². The van der Waals surface area contributed by atoms with Gasteiger partial charge in [0.25, 0.3) is 5.91 Å². The van der Waals surface area contributed by atoms with Crippen molar-refractivity contribution >= 4 is 34.6 Å². The second kappa shape index (κ2) is 9.36. The summed E-state index contributed by atoms with van der Waals surface area (Å²) in [6.45, 7) is -0.221. The van der Waals surface area contributed by atoms with Gasteiger partial charge in [-0.1, -0.05) is 48.5 Å². The zero-order chi connectivity index (χ0) is 22.5. The molecule has 0 aliphatic carbocycles. The second-order valence-electron chi connectivity index (χ2n) is 7.30. The lowest BCUT2D eigenvalue weighted by Gasteiger charge is -2.18. The van der Waals surface area contributed by atoms with E-state index in [-0.39, 0.29) is 12.5 Å². The van der Waals surface area contributed by atoms with Crippen LogP contribution in [0.5, 0.6) is 5.75 Å². The topological polar surface area (TPSA) is 113 Å². The molecular weight excluding hydrogens is 404 g/mol. The molecule has 32 heavy (non-hydrogen) atoms. The van der Waals surface area contributed by atoms with E-state index in [1.807, 2.05) is 66.7 Å². The number of amides is 1. The van der Waals surface area contributed by atoms with Crippen molar-refractivity contribution in [2.24, 2.45) is 0 Å². The third-order valence-electron chi connectivity index (χ3n) is 5.22. The van der Waals surface area contributed by atoms with Gasteiger partial charge < -0.3 is 20.9 Å². The summed E-state index contributed by atoms with van der Waals surface area (Å²) in [6.07, 6.45) is 3.81. The SMILES string of the molecule is COc1c(C(=O)N[C@H](CO)c2ccccc2)ccc2n[nH]c(C=Cc3ccc(N)cc3)c12. The number of nitrogens with one attached hydrogen (secondary N) is 2. The molecule has 1 amide bonds. The molecule has 0 radical (unpaired) electrons. The third kappa shape index (κ3) is 4.33. The molecule has 0 unspecified atom stereocenters. The van der Waals surface area contributed by atoms with Crippen LogP contribution in [0.25, 0.3) is 23.1 Å². The van der Waals surface area contributed by atoms with Gasteiger partial charge in [-0.25, -0.2) is 0 Å². The van der Waals surface area contributed by atoms with E-state index in [2.05, 4.69) is 15.5 Å². The third-order valence-corrected chi connectivity index (χ3v) is 5.22. The number of hydrogen-bond donors (Lipinski definition) is 4. The molecule has 0 aliphatic rings. The van der Waals surface area contributed by atoms with Gasteiger partial charge in [-0.3, -0.25) is 9.89 Å². The predicted octanol–water partition coefficient (Wildman–Crippen LogP) is 3.79. The van der Waals surface area contributed by atoms with Crippen LogP contribution in [0, 0.1) is 0 Å². The zero-order valence-electron chi connectivity index (χ0n) is 17.6. The van der Waals surface area contributed by atoms with Gasteiger partial charge in [0.15, 0.2) is 0 Å².